The predicted octanol–water partition coefficient (Wildman–Crippen LogP) is 3.10. The first-order chi connectivity index (χ1) is 10.1. The van der Waals surface area contributed by atoms with Crippen molar-refractivity contribution in [2.24, 2.45) is 7.05 Å². The minimum atomic E-state index is 0.376. The third kappa shape index (κ3) is 3.07. The zero-order valence-electron chi connectivity index (χ0n) is 11.8. The fraction of sp³-hybridized carbons (Fsp3) is 0.267. The summed E-state index contributed by atoms with van der Waals surface area (Å²) in [5.41, 5.74) is 3.62. The number of aryl methyl sites for hydroxylation is 2. The summed E-state index contributed by atoms with van der Waals surface area (Å²) < 4.78 is 2.85. The molecule has 1 heterocycles. The lowest BCUT2D eigenvalue weighted by molar-refractivity contribution is 0.706. The fourth-order valence-corrected chi connectivity index (χ4v) is 2.80. The zero-order chi connectivity index (χ0) is 15.4. The Kier molecular flexibility index (Phi) is 4.62. The number of rotatable bonds is 4. The molecule has 0 aliphatic heterocycles. The smallest absolute Gasteiger partial charge is 0.101 e. The quantitative estimate of drug-likeness (QED) is 0.925. The molecule has 21 heavy (non-hydrogen) atoms. The number of halogens is 1. The van der Waals surface area contributed by atoms with E-state index in [1.807, 2.05) is 23.9 Å². The highest BCUT2D eigenvalue weighted by molar-refractivity contribution is 9.10. The molecule has 0 atom stereocenters. The maximum atomic E-state index is 9.03. The summed E-state index contributed by atoms with van der Waals surface area (Å²) in [6.07, 6.45) is 0.865. The van der Waals surface area contributed by atoms with Crippen LogP contribution in [0, 0.1) is 22.7 Å². The standard InChI is InChI=1S/C15H14BrN5/c1-3-13-15(16)14(21(2)20-13)9-19-12-5-4-10(7-17)11(6-12)8-18/h4-6,19H,3,9H2,1-2H3. The predicted molar refractivity (Wildman–Crippen MR) is 83.5 cm³/mol. The SMILES string of the molecule is CCc1nn(C)c(CNc2ccc(C#N)c(C#N)c2)c1Br. The van der Waals surface area contributed by atoms with E-state index in [9.17, 15) is 0 Å². The summed E-state index contributed by atoms with van der Waals surface area (Å²) >= 11 is 3.57. The maximum absolute atomic E-state index is 9.03. The molecule has 0 unspecified atom stereocenters. The van der Waals surface area contributed by atoms with Gasteiger partial charge in [-0.15, -0.1) is 0 Å². The number of aromatic nitrogens is 2. The highest BCUT2D eigenvalue weighted by atomic mass is 79.9. The number of nitriles is 2. The van der Waals surface area contributed by atoms with Gasteiger partial charge in [0.25, 0.3) is 0 Å². The van der Waals surface area contributed by atoms with Crippen LogP contribution in [-0.2, 0) is 20.0 Å². The van der Waals surface area contributed by atoms with E-state index in [0.717, 1.165) is 28.0 Å². The first-order valence-electron chi connectivity index (χ1n) is 6.49. The van der Waals surface area contributed by atoms with Crippen molar-refractivity contribution in [1.82, 2.24) is 9.78 Å². The van der Waals surface area contributed by atoms with Crippen LogP contribution in [0.25, 0.3) is 0 Å². The summed E-state index contributed by atoms with van der Waals surface area (Å²) in [7, 11) is 1.90. The molecule has 1 aromatic carbocycles. The molecule has 0 aliphatic rings. The van der Waals surface area contributed by atoms with Gasteiger partial charge in [0, 0.05) is 12.7 Å². The number of anilines is 1. The molecular weight excluding hydrogens is 330 g/mol. The van der Waals surface area contributed by atoms with Gasteiger partial charge < -0.3 is 5.32 Å². The largest absolute Gasteiger partial charge is 0.379 e. The summed E-state index contributed by atoms with van der Waals surface area (Å²) in [5, 5.41) is 25.6. The van der Waals surface area contributed by atoms with Crippen molar-refractivity contribution in [1.29, 1.82) is 10.5 Å². The Morgan fingerprint density at radius 2 is 2.00 bits per heavy atom. The second-order valence-corrected chi connectivity index (χ2v) is 5.32. The van der Waals surface area contributed by atoms with Crippen molar-refractivity contribution in [2.75, 3.05) is 5.32 Å². The number of hydrogen-bond donors (Lipinski definition) is 1. The van der Waals surface area contributed by atoms with Crippen LogP contribution < -0.4 is 5.32 Å². The van der Waals surface area contributed by atoms with E-state index in [0.29, 0.717) is 17.7 Å². The van der Waals surface area contributed by atoms with E-state index in [-0.39, 0.29) is 0 Å². The van der Waals surface area contributed by atoms with Crippen LogP contribution in [0.15, 0.2) is 22.7 Å². The van der Waals surface area contributed by atoms with Crippen LogP contribution in [0.4, 0.5) is 5.69 Å². The van der Waals surface area contributed by atoms with Crippen LogP contribution in [0.1, 0.15) is 29.4 Å². The molecular formula is C15H14BrN5. The molecule has 0 bridgehead atoms. The van der Waals surface area contributed by atoms with Crippen LogP contribution in [0.3, 0.4) is 0 Å². The number of hydrogen-bond acceptors (Lipinski definition) is 4. The van der Waals surface area contributed by atoms with Crippen LogP contribution >= 0.6 is 15.9 Å². The van der Waals surface area contributed by atoms with Gasteiger partial charge in [-0.1, -0.05) is 6.92 Å². The minimum absolute atomic E-state index is 0.376. The van der Waals surface area contributed by atoms with E-state index < -0.39 is 0 Å². The van der Waals surface area contributed by atoms with Gasteiger partial charge >= 0.3 is 0 Å². The van der Waals surface area contributed by atoms with E-state index in [4.69, 9.17) is 10.5 Å². The van der Waals surface area contributed by atoms with Gasteiger partial charge in [-0.25, -0.2) is 0 Å². The Balaban J connectivity index is 2.20. The lowest BCUT2D eigenvalue weighted by atomic mass is 10.1. The third-order valence-corrected chi connectivity index (χ3v) is 4.14. The van der Waals surface area contributed by atoms with E-state index in [2.05, 4.69) is 33.3 Å². The van der Waals surface area contributed by atoms with Crippen molar-refractivity contribution in [2.45, 2.75) is 19.9 Å². The highest BCUT2D eigenvalue weighted by Gasteiger charge is 2.12. The average Bonchev–Trinajstić information content (AvgIpc) is 2.78. The van der Waals surface area contributed by atoms with Gasteiger partial charge in [-0.2, -0.15) is 15.6 Å². The Morgan fingerprint density at radius 3 is 2.57 bits per heavy atom. The topological polar surface area (TPSA) is 77.4 Å². The minimum Gasteiger partial charge on any atom is -0.379 e. The summed E-state index contributed by atoms with van der Waals surface area (Å²) in [5.74, 6) is 0. The average molecular weight is 344 g/mol. The van der Waals surface area contributed by atoms with E-state index >= 15 is 0 Å². The molecule has 0 fully saturated rings. The Morgan fingerprint density at radius 1 is 1.29 bits per heavy atom. The molecule has 1 N–H and O–H groups in total. The highest BCUT2D eigenvalue weighted by Crippen LogP contribution is 2.23. The molecule has 0 spiro atoms. The van der Waals surface area contributed by atoms with E-state index in [1.54, 1.807) is 18.2 Å². The molecule has 0 aliphatic carbocycles. The number of nitrogens with zero attached hydrogens (tertiary/aromatic N) is 4. The van der Waals surface area contributed by atoms with Gasteiger partial charge in [-0.05, 0) is 40.5 Å². The maximum Gasteiger partial charge on any atom is 0.101 e. The zero-order valence-corrected chi connectivity index (χ0v) is 13.4. The molecule has 0 saturated carbocycles. The molecule has 1 aromatic heterocycles. The van der Waals surface area contributed by atoms with Crippen molar-refractivity contribution in [3.05, 3.63) is 45.2 Å². The molecule has 0 saturated heterocycles. The monoisotopic (exact) mass is 343 g/mol. The Labute approximate surface area is 131 Å². The molecule has 0 amide bonds. The van der Waals surface area contributed by atoms with Gasteiger partial charge in [-0.3, -0.25) is 4.68 Å². The van der Waals surface area contributed by atoms with Crippen LogP contribution in [0.5, 0.6) is 0 Å². The lowest BCUT2D eigenvalue weighted by Crippen LogP contribution is -2.06. The molecule has 5 nitrogen and oxygen atoms in total. The number of nitrogens with one attached hydrogen (secondary N) is 1. The van der Waals surface area contributed by atoms with Gasteiger partial charge in [0.15, 0.2) is 0 Å². The summed E-state index contributed by atoms with van der Waals surface area (Å²) in [4.78, 5) is 0. The lowest BCUT2D eigenvalue weighted by Gasteiger charge is -2.08. The molecule has 2 aromatic rings. The van der Waals surface area contributed by atoms with Crippen LogP contribution in [0.2, 0.25) is 0 Å². The van der Waals surface area contributed by atoms with Crippen molar-refractivity contribution in [3.8, 4) is 12.1 Å². The molecule has 2 rings (SSSR count). The first-order valence-corrected chi connectivity index (χ1v) is 7.28. The molecule has 6 heteroatoms. The Bertz CT molecular complexity index is 749. The van der Waals surface area contributed by atoms with Crippen molar-refractivity contribution in [3.63, 3.8) is 0 Å². The second kappa shape index (κ2) is 6.43. The number of benzene rings is 1. The summed E-state index contributed by atoms with van der Waals surface area (Å²) in [6.45, 7) is 2.64. The van der Waals surface area contributed by atoms with Gasteiger partial charge in [0.05, 0.1) is 33.5 Å². The third-order valence-electron chi connectivity index (χ3n) is 3.22. The second-order valence-electron chi connectivity index (χ2n) is 4.52. The van der Waals surface area contributed by atoms with Gasteiger partial charge in [0.1, 0.15) is 12.1 Å². The van der Waals surface area contributed by atoms with E-state index in [1.165, 1.54) is 0 Å². The van der Waals surface area contributed by atoms with Crippen LogP contribution in [-0.4, -0.2) is 9.78 Å². The molecule has 0 radical (unpaired) electrons. The van der Waals surface area contributed by atoms with Gasteiger partial charge in [0.2, 0.25) is 0 Å². The van der Waals surface area contributed by atoms with Crippen molar-refractivity contribution >= 4 is 21.6 Å². The normalized spacial score (nSPS) is 9.95. The summed E-state index contributed by atoms with van der Waals surface area (Å²) in [6, 6.07) is 9.17. The Hall–Kier alpha value is -2.31. The van der Waals surface area contributed by atoms with Crippen molar-refractivity contribution < 1.29 is 0 Å². The fourth-order valence-electron chi connectivity index (χ4n) is 2.04. The first kappa shape index (κ1) is 15.1. The molecule has 106 valence electrons.